The molecule has 11 heteroatoms. The van der Waals surface area contributed by atoms with E-state index < -0.39 is 11.9 Å². The smallest absolute Gasteiger partial charge is 0.435 e. The number of hydrogen-bond acceptors (Lipinski definition) is 5. The van der Waals surface area contributed by atoms with E-state index in [1.54, 1.807) is 38.7 Å². The second-order valence-corrected chi connectivity index (χ2v) is 10.8. The van der Waals surface area contributed by atoms with E-state index in [1.807, 2.05) is 34.7 Å². The minimum atomic E-state index is -4.64. The van der Waals surface area contributed by atoms with Crippen molar-refractivity contribution in [3.63, 3.8) is 0 Å². The number of pyridine rings is 1. The Labute approximate surface area is 235 Å². The van der Waals surface area contributed by atoms with Gasteiger partial charge in [-0.05, 0) is 73.9 Å². The fourth-order valence-corrected chi connectivity index (χ4v) is 5.82. The van der Waals surface area contributed by atoms with E-state index in [0.29, 0.717) is 54.1 Å². The van der Waals surface area contributed by atoms with Crippen molar-refractivity contribution in [1.82, 2.24) is 29.2 Å². The number of fused-ring (bicyclic) bond motifs is 1. The molecule has 1 amide bonds. The summed E-state index contributed by atoms with van der Waals surface area (Å²) in [6.07, 6.45) is 4.40. The van der Waals surface area contributed by atoms with E-state index in [4.69, 9.17) is 4.74 Å². The van der Waals surface area contributed by atoms with Gasteiger partial charge in [0.05, 0.1) is 30.9 Å². The molecule has 1 aromatic carbocycles. The molecule has 4 aromatic rings. The number of aromatic nitrogens is 5. The van der Waals surface area contributed by atoms with Crippen LogP contribution in [0.4, 0.5) is 13.2 Å². The summed E-state index contributed by atoms with van der Waals surface area (Å²) >= 11 is 0. The molecule has 1 aliphatic heterocycles. The molecule has 1 saturated carbocycles. The fraction of sp³-hybridized carbons (Fsp3) is 0.400. The molecule has 4 heterocycles. The van der Waals surface area contributed by atoms with Crippen molar-refractivity contribution in [3.8, 4) is 16.9 Å². The third-order valence-corrected chi connectivity index (χ3v) is 7.87. The van der Waals surface area contributed by atoms with Crippen LogP contribution in [-0.4, -0.2) is 48.8 Å². The number of ether oxygens (including phenoxy) is 1. The molecule has 41 heavy (non-hydrogen) atoms. The van der Waals surface area contributed by atoms with Crippen LogP contribution >= 0.6 is 0 Å². The molecule has 0 spiro atoms. The number of imidazole rings is 1. The molecule has 0 N–H and O–H groups in total. The van der Waals surface area contributed by atoms with Gasteiger partial charge in [-0.15, -0.1) is 0 Å². The third kappa shape index (κ3) is 5.20. The Morgan fingerprint density at radius 2 is 1.88 bits per heavy atom. The van der Waals surface area contributed by atoms with Crippen LogP contribution in [0.1, 0.15) is 64.4 Å². The van der Waals surface area contributed by atoms with Crippen LogP contribution in [-0.2, 0) is 25.7 Å². The maximum absolute atomic E-state index is 14.3. The largest absolute Gasteiger partial charge is 0.497 e. The minimum absolute atomic E-state index is 0.00582. The maximum Gasteiger partial charge on any atom is 0.435 e. The normalized spacial score (nSPS) is 16.1. The highest BCUT2D eigenvalue weighted by Gasteiger charge is 2.43. The standard InChI is InChI=1S/C30H31F3N6O2/c1-4-38-16-25(28(36-38)30(31,32)33)23-11-19(15-37-14-18(2)35-17-37)12-24-22(23)8-10-39(29(24)40)27(20-5-6-20)26-13-21(41-3)7-9-34-26/h7,9,11-14,16-17,20,27H,4-6,8,10,15H2,1-3H3/t27-/m0/s1. The first-order chi connectivity index (χ1) is 19.7. The molecule has 0 saturated heterocycles. The molecule has 1 fully saturated rings. The van der Waals surface area contributed by atoms with Gasteiger partial charge >= 0.3 is 6.18 Å². The number of carbonyl (C=O) groups is 1. The van der Waals surface area contributed by atoms with Gasteiger partial charge in [0.2, 0.25) is 0 Å². The second-order valence-electron chi connectivity index (χ2n) is 10.8. The predicted octanol–water partition coefficient (Wildman–Crippen LogP) is 5.70. The first-order valence-corrected chi connectivity index (χ1v) is 13.8. The summed E-state index contributed by atoms with van der Waals surface area (Å²) in [6, 6.07) is 6.99. The van der Waals surface area contributed by atoms with Crippen molar-refractivity contribution in [3.05, 3.63) is 83.0 Å². The lowest BCUT2D eigenvalue weighted by Gasteiger charge is -2.36. The number of hydrogen-bond donors (Lipinski definition) is 0. The van der Waals surface area contributed by atoms with Gasteiger partial charge in [0.15, 0.2) is 5.69 Å². The molecule has 0 bridgehead atoms. The number of nitrogens with zero attached hydrogens (tertiary/aromatic N) is 6. The molecule has 1 atom stereocenters. The van der Waals surface area contributed by atoms with Gasteiger partial charge in [-0.2, -0.15) is 18.3 Å². The van der Waals surface area contributed by atoms with Gasteiger partial charge in [-0.3, -0.25) is 14.5 Å². The average Bonchev–Trinajstić information content (AvgIpc) is 3.53. The van der Waals surface area contributed by atoms with Gasteiger partial charge in [0, 0.05) is 55.4 Å². The Morgan fingerprint density at radius 1 is 1.10 bits per heavy atom. The molecular formula is C30H31F3N6O2. The summed E-state index contributed by atoms with van der Waals surface area (Å²) in [5.74, 6) is 0.740. The van der Waals surface area contributed by atoms with Crippen LogP contribution in [0.3, 0.4) is 0 Å². The number of carbonyl (C=O) groups excluding carboxylic acids is 1. The van der Waals surface area contributed by atoms with E-state index >= 15 is 0 Å². The van der Waals surface area contributed by atoms with Gasteiger partial charge < -0.3 is 14.2 Å². The summed E-state index contributed by atoms with van der Waals surface area (Å²) in [5.41, 5.74) is 2.79. The Hall–Kier alpha value is -4.15. The average molecular weight is 565 g/mol. The number of rotatable bonds is 8. The highest BCUT2D eigenvalue weighted by Crippen LogP contribution is 2.47. The van der Waals surface area contributed by atoms with E-state index in [0.717, 1.165) is 24.2 Å². The number of halogens is 3. The van der Waals surface area contributed by atoms with Crippen molar-refractivity contribution < 1.29 is 22.7 Å². The Balaban J connectivity index is 1.48. The number of aryl methyl sites for hydroxylation is 2. The Kier molecular flexibility index (Phi) is 6.83. The van der Waals surface area contributed by atoms with Crippen molar-refractivity contribution in [2.24, 2.45) is 5.92 Å². The Morgan fingerprint density at radius 3 is 2.54 bits per heavy atom. The fourth-order valence-electron chi connectivity index (χ4n) is 5.82. The lowest BCUT2D eigenvalue weighted by Crippen LogP contribution is -2.41. The van der Waals surface area contributed by atoms with Crippen LogP contribution in [0.5, 0.6) is 5.75 Å². The predicted molar refractivity (Wildman–Crippen MR) is 145 cm³/mol. The molecule has 214 valence electrons. The van der Waals surface area contributed by atoms with Gasteiger partial charge in [0.1, 0.15) is 5.75 Å². The number of alkyl halides is 3. The summed E-state index contributed by atoms with van der Waals surface area (Å²) in [6.45, 7) is 4.65. The lowest BCUT2D eigenvalue weighted by molar-refractivity contribution is -0.141. The topological polar surface area (TPSA) is 78.1 Å². The quantitative estimate of drug-likeness (QED) is 0.275. The molecule has 0 radical (unpaired) electrons. The van der Waals surface area contributed by atoms with Crippen molar-refractivity contribution >= 4 is 5.91 Å². The first-order valence-electron chi connectivity index (χ1n) is 13.8. The molecule has 1 aliphatic carbocycles. The van der Waals surface area contributed by atoms with E-state index in [2.05, 4.69) is 15.1 Å². The number of amides is 1. The highest BCUT2D eigenvalue weighted by molar-refractivity contribution is 5.99. The molecule has 0 unspecified atom stereocenters. The van der Waals surface area contributed by atoms with Crippen molar-refractivity contribution in [1.29, 1.82) is 0 Å². The van der Waals surface area contributed by atoms with Gasteiger partial charge in [-0.25, -0.2) is 4.98 Å². The van der Waals surface area contributed by atoms with Gasteiger partial charge in [0.25, 0.3) is 5.91 Å². The minimum Gasteiger partial charge on any atom is -0.497 e. The highest BCUT2D eigenvalue weighted by atomic mass is 19.4. The SMILES string of the molecule is CCn1cc(-c2cc(Cn3cnc(C)c3)cc3c2CCN([C@H](c2cc(OC)ccn2)C2CC2)C3=O)c(C(F)(F)F)n1. The maximum atomic E-state index is 14.3. The number of benzene rings is 1. The van der Waals surface area contributed by atoms with E-state index in [-0.39, 0.29) is 23.4 Å². The molecule has 3 aromatic heterocycles. The number of methoxy groups -OCH3 is 1. The zero-order chi connectivity index (χ0) is 28.9. The molecule has 6 rings (SSSR count). The van der Waals surface area contributed by atoms with Crippen LogP contribution in [0.15, 0.2) is 49.2 Å². The third-order valence-electron chi connectivity index (χ3n) is 7.87. The second kappa shape index (κ2) is 10.4. The molecule has 8 nitrogen and oxygen atoms in total. The zero-order valence-electron chi connectivity index (χ0n) is 23.1. The molecular weight excluding hydrogens is 533 g/mol. The zero-order valence-corrected chi connectivity index (χ0v) is 23.1. The van der Waals surface area contributed by atoms with Crippen LogP contribution in [0.25, 0.3) is 11.1 Å². The van der Waals surface area contributed by atoms with Crippen LogP contribution in [0.2, 0.25) is 0 Å². The Bertz CT molecular complexity index is 1600. The van der Waals surface area contributed by atoms with Crippen molar-refractivity contribution in [2.45, 2.75) is 58.4 Å². The van der Waals surface area contributed by atoms with Crippen LogP contribution in [0, 0.1) is 12.8 Å². The molecule has 2 aliphatic rings. The van der Waals surface area contributed by atoms with E-state index in [9.17, 15) is 18.0 Å². The lowest BCUT2D eigenvalue weighted by atomic mass is 9.87. The van der Waals surface area contributed by atoms with Crippen LogP contribution < -0.4 is 4.74 Å². The first kappa shape index (κ1) is 27.0. The van der Waals surface area contributed by atoms with E-state index in [1.165, 1.54) is 10.9 Å². The summed E-state index contributed by atoms with van der Waals surface area (Å²) < 4.78 is 51.1. The monoisotopic (exact) mass is 564 g/mol. The summed E-state index contributed by atoms with van der Waals surface area (Å²) in [4.78, 5) is 25.0. The van der Waals surface area contributed by atoms with Gasteiger partial charge in [-0.1, -0.05) is 0 Å². The summed E-state index contributed by atoms with van der Waals surface area (Å²) in [7, 11) is 1.59. The summed E-state index contributed by atoms with van der Waals surface area (Å²) in [5, 5.41) is 3.85. The van der Waals surface area contributed by atoms with Crippen molar-refractivity contribution in [2.75, 3.05) is 13.7 Å².